The predicted molar refractivity (Wildman–Crippen MR) is 38.6 cm³/mol. The zero-order chi connectivity index (χ0) is 7.56. The van der Waals surface area contributed by atoms with Crippen molar-refractivity contribution in [2.24, 2.45) is 5.73 Å². The topological polar surface area (TPSA) is 56.0 Å². The molecule has 3 nitrogen and oxygen atoms in total. The Hall–Kier alpha value is -1.34. The molecule has 1 heterocycles. The molecular weight excluding hydrogens is 148 g/mol. The molecule has 0 fully saturated rings. The van der Waals surface area contributed by atoms with Crippen LogP contribution in [0.5, 0.6) is 0 Å². The minimum Gasteiger partial charge on any atom is -0.364 e. The molecule has 0 aliphatic carbocycles. The van der Waals surface area contributed by atoms with Crippen LogP contribution in [0.1, 0.15) is 15.5 Å². The molecule has 50 valence electrons. The molecule has 0 saturated carbocycles. The summed E-state index contributed by atoms with van der Waals surface area (Å²) in [5.74, 6) is 1.76. The predicted octanol–water partition coefficient (Wildman–Crippen LogP) is 0.223. The number of nitrogens with zero attached hydrogens (tertiary/aromatic N) is 1. The molecule has 0 spiro atoms. The van der Waals surface area contributed by atoms with Crippen LogP contribution < -0.4 is 5.73 Å². The number of primary amides is 1. The van der Waals surface area contributed by atoms with Crippen LogP contribution in [-0.4, -0.2) is 10.9 Å². The standard InChI is InChI=1S/C6H4N2OS/c1-2-5-8-4(3-10-5)6(7)9/h1,3H,(H2,7,9). The van der Waals surface area contributed by atoms with Crippen molar-refractivity contribution < 1.29 is 4.79 Å². The molecule has 0 aliphatic heterocycles. The number of nitrogens with two attached hydrogens (primary N) is 1. The van der Waals surface area contributed by atoms with E-state index in [1.165, 1.54) is 16.7 Å². The minimum absolute atomic E-state index is 0.234. The van der Waals surface area contributed by atoms with Gasteiger partial charge in [-0.2, -0.15) is 0 Å². The molecule has 0 saturated heterocycles. The van der Waals surface area contributed by atoms with E-state index in [9.17, 15) is 4.79 Å². The lowest BCUT2D eigenvalue weighted by atomic mass is 10.5. The van der Waals surface area contributed by atoms with Gasteiger partial charge in [0, 0.05) is 5.38 Å². The number of carbonyl (C=O) groups is 1. The monoisotopic (exact) mass is 152 g/mol. The normalized spacial score (nSPS) is 8.70. The third kappa shape index (κ3) is 1.14. The van der Waals surface area contributed by atoms with Gasteiger partial charge in [-0.3, -0.25) is 4.79 Å². The molecule has 0 unspecified atom stereocenters. The summed E-state index contributed by atoms with van der Waals surface area (Å²) in [5, 5.41) is 2.02. The van der Waals surface area contributed by atoms with Gasteiger partial charge < -0.3 is 5.73 Å². The maximum absolute atomic E-state index is 10.4. The van der Waals surface area contributed by atoms with E-state index in [0.717, 1.165) is 0 Å². The van der Waals surface area contributed by atoms with Crippen molar-refractivity contribution in [3.63, 3.8) is 0 Å². The Kier molecular flexibility index (Phi) is 1.69. The molecule has 0 aromatic carbocycles. The summed E-state index contributed by atoms with van der Waals surface area (Å²) in [5.41, 5.74) is 5.15. The van der Waals surface area contributed by atoms with Gasteiger partial charge in [-0.15, -0.1) is 17.8 Å². The molecule has 0 radical (unpaired) electrons. The summed E-state index contributed by atoms with van der Waals surface area (Å²) in [6.45, 7) is 0. The molecule has 4 heteroatoms. The van der Waals surface area contributed by atoms with Crippen molar-refractivity contribution in [1.29, 1.82) is 0 Å². The highest BCUT2D eigenvalue weighted by molar-refractivity contribution is 7.10. The molecule has 0 aliphatic rings. The molecule has 1 aromatic heterocycles. The number of carbonyl (C=O) groups excluding carboxylic acids is 1. The molecule has 2 N–H and O–H groups in total. The molecule has 1 amide bonds. The lowest BCUT2D eigenvalue weighted by Crippen LogP contribution is -2.10. The summed E-state index contributed by atoms with van der Waals surface area (Å²) >= 11 is 1.23. The zero-order valence-electron chi connectivity index (χ0n) is 5.00. The van der Waals surface area contributed by atoms with Crippen molar-refractivity contribution in [2.45, 2.75) is 0 Å². The Bertz CT molecular complexity index is 297. The minimum atomic E-state index is -0.544. The van der Waals surface area contributed by atoms with Crippen molar-refractivity contribution in [2.75, 3.05) is 0 Å². The highest BCUT2D eigenvalue weighted by Crippen LogP contribution is 2.06. The first-order chi connectivity index (χ1) is 4.74. The number of thiazole rings is 1. The first kappa shape index (κ1) is 6.78. The van der Waals surface area contributed by atoms with E-state index < -0.39 is 5.91 Å². The van der Waals surface area contributed by atoms with Crippen molar-refractivity contribution in [3.8, 4) is 12.3 Å². The van der Waals surface area contributed by atoms with Gasteiger partial charge >= 0.3 is 0 Å². The number of aromatic nitrogens is 1. The van der Waals surface area contributed by atoms with Gasteiger partial charge in [0.15, 0.2) is 5.01 Å². The van der Waals surface area contributed by atoms with E-state index in [1.54, 1.807) is 0 Å². The third-order valence-electron chi connectivity index (χ3n) is 0.880. The van der Waals surface area contributed by atoms with Crippen LogP contribution in [0.15, 0.2) is 5.38 Å². The largest absolute Gasteiger partial charge is 0.364 e. The van der Waals surface area contributed by atoms with E-state index in [2.05, 4.69) is 10.9 Å². The van der Waals surface area contributed by atoms with Crippen LogP contribution in [0, 0.1) is 12.3 Å². The Labute approximate surface area is 61.9 Å². The van der Waals surface area contributed by atoms with E-state index in [1.807, 2.05) is 0 Å². The Balaban J connectivity index is 3.02. The van der Waals surface area contributed by atoms with Crippen molar-refractivity contribution >= 4 is 17.2 Å². The maximum atomic E-state index is 10.4. The number of amides is 1. The smallest absolute Gasteiger partial charge is 0.268 e. The van der Waals surface area contributed by atoms with Gasteiger partial charge in [0.2, 0.25) is 0 Å². The molecule has 10 heavy (non-hydrogen) atoms. The second-order valence-corrected chi connectivity index (χ2v) is 2.40. The molecule has 1 aromatic rings. The Morgan fingerprint density at radius 1 is 1.90 bits per heavy atom. The average molecular weight is 152 g/mol. The first-order valence-corrected chi connectivity index (χ1v) is 3.34. The number of rotatable bonds is 1. The van der Waals surface area contributed by atoms with Gasteiger partial charge in [-0.05, 0) is 5.92 Å². The fraction of sp³-hybridized carbons (Fsp3) is 0. The lowest BCUT2D eigenvalue weighted by molar-refractivity contribution is 0.0996. The Morgan fingerprint density at radius 2 is 2.60 bits per heavy atom. The first-order valence-electron chi connectivity index (χ1n) is 2.46. The van der Waals surface area contributed by atoms with Gasteiger partial charge in [0.05, 0.1) is 0 Å². The van der Waals surface area contributed by atoms with Crippen molar-refractivity contribution in [3.05, 3.63) is 16.1 Å². The SMILES string of the molecule is C#Cc1nc(C(N)=O)cs1. The molecule has 0 bridgehead atoms. The van der Waals surface area contributed by atoms with Gasteiger partial charge in [-0.1, -0.05) is 0 Å². The van der Waals surface area contributed by atoms with Crippen LogP contribution >= 0.6 is 11.3 Å². The van der Waals surface area contributed by atoms with Crippen molar-refractivity contribution in [1.82, 2.24) is 4.98 Å². The van der Waals surface area contributed by atoms with Gasteiger partial charge in [-0.25, -0.2) is 4.98 Å². The highest BCUT2D eigenvalue weighted by atomic mass is 32.1. The summed E-state index contributed by atoms with van der Waals surface area (Å²) in [7, 11) is 0. The van der Waals surface area contributed by atoms with E-state index in [0.29, 0.717) is 5.01 Å². The van der Waals surface area contributed by atoms with Crippen LogP contribution in [-0.2, 0) is 0 Å². The lowest BCUT2D eigenvalue weighted by Gasteiger charge is -1.80. The van der Waals surface area contributed by atoms with Gasteiger partial charge in [0.25, 0.3) is 5.91 Å². The van der Waals surface area contributed by atoms with Crippen LogP contribution in [0.2, 0.25) is 0 Å². The van der Waals surface area contributed by atoms with Crippen LogP contribution in [0.4, 0.5) is 0 Å². The molecule has 0 atom stereocenters. The summed E-state index contributed by atoms with van der Waals surface area (Å²) in [4.78, 5) is 14.2. The second-order valence-electron chi connectivity index (χ2n) is 1.55. The fourth-order valence-corrected chi connectivity index (χ4v) is 1.06. The number of hydrogen-bond donors (Lipinski definition) is 1. The highest BCUT2D eigenvalue weighted by Gasteiger charge is 2.03. The fourth-order valence-electron chi connectivity index (χ4n) is 0.453. The van der Waals surface area contributed by atoms with E-state index in [-0.39, 0.29) is 5.69 Å². The maximum Gasteiger partial charge on any atom is 0.268 e. The number of hydrogen-bond acceptors (Lipinski definition) is 3. The zero-order valence-corrected chi connectivity index (χ0v) is 5.81. The molecular formula is C6H4N2OS. The third-order valence-corrected chi connectivity index (χ3v) is 1.65. The summed E-state index contributed by atoms with van der Waals surface area (Å²) in [6, 6.07) is 0. The van der Waals surface area contributed by atoms with Crippen LogP contribution in [0.3, 0.4) is 0 Å². The van der Waals surface area contributed by atoms with E-state index in [4.69, 9.17) is 12.2 Å². The quantitative estimate of drug-likeness (QED) is 0.585. The Morgan fingerprint density at radius 3 is 2.90 bits per heavy atom. The summed E-state index contributed by atoms with van der Waals surface area (Å²) in [6.07, 6.45) is 5.01. The average Bonchev–Trinajstić information content (AvgIpc) is 2.34. The molecule has 1 rings (SSSR count). The summed E-state index contributed by atoms with van der Waals surface area (Å²) < 4.78 is 0. The van der Waals surface area contributed by atoms with E-state index >= 15 is 0 Å². The second kappa shape index (κ2) is 2.50. The van der Waals surface area contributed by atoms with Gasteiger partial charge in [0.1, 0.15) is 5.69 Å². The number of terminal acetylenes is 1. The van der Waals surface area contributed by atoms with Crippen LogP contribution in [0.25, 0.3) is 0 Å².